The van der Waals surface area contributed by atoms with Gasteiger partial charge >= 0.3 is 0 Å². The molecule has 0 aliphatic heterocycles. The molecule has 0 radical (unpaired) electrons. The van der Waals surface area contributed by atoms with Gasteiger partial charge in [-0.25, -0.2) is 0 Å². The van der Waals surface area contributed by atoms with Gasteiger partial charge in [-0.1, -0.05) is 6.07 Å². The van der Waals surface area contributed by atoms with Gasteiger partial charge in [-0.3, -0.25) is 0 Å². The Bertz CT molecular complexity index is 334. The molecule has 1 nitrogen and oxygen atoms in total. The fourth-order valence-electron chi connectivity index (χ4n) is 1.45. The fraction of sp³-hybridized carbons (Fsp3) is 0.500. The van der Waals surface area contributed by atoms with Crippen LogP contribution in [-0.2, 0) is 0 Å². The topological polar surface area (TPSA) is 9.23 Å². The molecule has 1 saturated carbocycles. The van der Waals surface area contributed by atoms with E-state index in [0.717, 1.165) is 11.5 Å². The van der Waals surface area contributed by atoms with Crippen LogP contribution in [0.15, 0.2) is 29.2 Å². The van der Waals surface area contributed by atoms with Crippen LogP contribution >= 0.6 is 24.4 Å². The van der Waals surface area contributed by atoms with Crippen molar-refractivity contribution in [2.75, 3.05) is 18.6 Å². The standard InChI is InChI=1S/C12H16OS2/c1-13-10-3-2-4-11(7-10)15-9-12(8-14)5-6-12/h2-4,7,14H,5-6,8-9H2,1H3. The zero-order valence-electron chi connectivity index (χ0n) is 8.90. The second-order valence-electron chi connectivity index (χ2n) is 4.13. The van der Waals surface area contributed by atoms with E-state index in [9.17, 15) is 0 Å². The van der Waals surface area contributed by atoms with Crippen LogP contribution in [0, 0.1) is 5.41 Å². The third-order valence-corrected chi connectivity index (χ3v) is 4.89. The number of rotatable bonds is 5. The summed E-state index contributed by atoms with van der Waals surface area (Å²) in [6.07, 6.45) is 2.68. The summed E-state index contributed by atoms with van der Waals surface area (Å²) in [6, 6.07) is 8.26. The van der Waals surface area contributed by atoms with Crippen LogP contribution in [0.25, 0.3) is 0 Å². The van der Waals surface area contributed by atoms with Gasteiger partial charge in [-0.15, -0.1) is 11.8 Å². The van der Waals surface area contributed by atoms with Gasteiger partial charge in [-0.05, 0) is 42.2 Å². The highest BCUT2D eigenvalue weighted by molar-refractivity contribution is 7.99. The van der Waals surface area contributed by atoms with Crippen LogP contribution in [0.2, 0.25) is 0 Å². The number of thiol groups is 1. The van der Waals surface area contributed by atoms with Crippen molar-refractivity contribution in [2.24, 2.45) is 5.41 Å². The van der Waals surface area contributed by atoms with E-state index in [4.69, 9.17) is 4.74 Å². The maximum absolute atomic E-state index is 5.20. The smallest absolute Gasteiger partial charge is 0.119 e. The summed E-state index contributed by atoms with van der Waals surface area (Å²) in [5, 5.41) is 0. The predicted molar refractivity (Wildman–Crippen MR) is 69.2 cm³/mol. The van der Waals surface area contributed by atoms with E-state index >= 15 is 0 Å². The van der Waals surface area contributed by atoms with E-state index in [-0.39, 0.29) is 0 Å². The van der Waals surface area contributed by atoms with E-state index in [1.165, 1.54) is 23.5 Å². The average molecular weight is 240 g/mol. The van der Waals surface area contributed by atoms with E-state index in [0.29, 0.717) is 5.41 Å². The van der Waals surface area contributed by atoms with Crippen molar-refractivity contribution >= 4 is 24.4 Å². The van der Waals surface area contributed by atoms with Crippen LogP contribution in [-0.4, -0.2) is 18.6 Å². The quantitative estimate of drug-likeness (QED) is 0.623. The summed E-state index contributed by atoms with van der Waals surface area (Å²) < 4.78 is 5.20. The monoisotopic (exact) mass is 240 g/mol. The molecule has 2 rings (SSSR count). The lowest BCUT2D eigenvalue weighted by atomic mass is 10.2. The van der Waals surface area contributed by atoms with Gasteiger partial charge in [0.25, 0.3) is 0 Å². The molecule has 1 aromatic carbocycles. The van der Waals surface area contributed by atoms with Gasteiger partial charge in [0.15, 0.2) is 0 Å². The molecule has 0 N–H and O–H groups in total. The van der Waals surface area contributed by atoms with Crippen molar-refractivity contribution in [1.82, 2.24) is 0 Å². The number of ether oxygens (including phenoxy) is 1. The summed E-state index contributed by atoms with van der Waals surface area (Å²) in [4.78, 5) is 1.29. The van der Waals surface area contributed by atoms with Crippen molar-refractivity contribution in [3.63, 3.8) is 0 Å². The molecule has 0 spiro atoms. The first-order valence-corrected chi connectivity index (χ1v) is 6.78. The molecule has 3 heteroatoms. The molecule has 0 saturated heterocycles. The van der Waals surface area contributed by atoms with Crippen LogP contribution in [0.1, 0.15) is 12.8 Å². The lowest BCUT2D eigenvalue weighted by molar-refractivity contribution is 0.413. The minimum atomic E-state index is 0.525. The van der Waals surface area contributed by atoms with Crippen molar-refractivity contribution in [3.8, 4) is 5.75 Å². The molecule has 0 atom stereocenters. The van der Waals surface area contributed by atoms with Crippen molar-refractivity contribution in [1.29, 1.82) is 0 Å². The highest BCUT2D eigenvalue weighted by Crippen LogP contribution is 2.49. The van der Waals surface area contributed by atoms with Crippen molar-refractivity contribution < 1.29 is 4.74 Å². The number of hydrogen-bond donors (Lipinski definition) is 1. The Balaban J connectivity index is 1.93. The van der Waals surface area contributed by atoms with Crippen LogP contribution in [0.5, 0.6) is 5.75 Å². The summed E-state index contributed by atoms with van der Waals surface area (Å²) >= 11 is 6.33. The Labute approximate surface area is 101 Å². The SMILES string of the molecule is COc1cccc(SCC2(CS)CC2)c1. The van der Waals surface area contributed by atoms with Crippen molar-refractivity contribution in [2.45, 2.75) is 17.7 Å². The molecule has 1 fully saturated rings. The van der Waals surface area contributed by atoms with E-state index in [1.807, 2.05) is 23.9 Å². The highest BCUT2D eigenvalue weighted by Gasteiger charge is 2.40. The molecule has 0 amide bonds. The molecular formula is C12H16OS2. The maximum Gasteiger partial charge on any atom is 0.119 e. The summed E-state index contributed by atoms with van der Waals surface area (Å²) in [5.74, 6) is 3.14. The summed E-state index contributed by atoms with van der Waals surface area (Å²) in [7, 11) is 1.71. The molecule has 0 unspecified atom stereocenters. The van der Waals surface area contributed by atoms with Crippen LogP contribution in [0.4, 0.5) is 0 Å². The Morgan fingerprint density at radius 3 is 2.87 bits per heavy atom. The van der Waals surface area contributed by atoms with Crippen LogP contribution in [0.3, 0.4) is 0 Å². The number of thioether (sulfide) groups is 1. The summed E-state index contributed by atoms with van der Waals surface area (Å²) in [6.45, 7) is 0. The Kier molecular flexibility index (Phi) is 3.52. The molecule has 0 aromatic heterocycles. The molecule has 0 heterocycles. The second-order valence-corrected chi connectivity index (χ2v) is 5.49. The first kappa shape index (κ1) is 11.2. The normalized spacial score (nSPS) is 17.5. The number of hydrogen-bond acceptors (Lipinski definition) is 3. The van der Waals surface area contributed by atoms with E-state index in [2.05, 4.69) is 24.8 Å². The Morgan fingerprint density at radius 2 is 2.27 bits per heavy atom. The first-order valence-electron chi connectivity index (χ1n) is 5.16. The van der Waals surface area contributed by atoms with E-state index in [1.54, 1.807) is 7.11 Å². The number of methoxy groups -OCH3 is 1. The van der Waals surface area contributed by atoms with E-state index < -0.39 is 0 Å². The lowest BCUT2D eigenvalue weighted by Gasteiger charge is -2.11. The Morgan fingerprint density at radius 1 is 1.47 bits per heavy atom. The molecule has 1 aromatic rings. The first-order chi connectivity index (χ1) is 7.28. The minimum absolute atomic E-state index is 0.525. The predicted octanol–water partition coefficient (Wildman–Crippen LogP) is 3.50. The molecule has 15 heavy (non-hydrogen) atoms. The number of benzene rings is 1. The molecule has 0 bridgehead atoms. The van der Waals surface area contributed by atoms with Gasteiger partial charge < -0.3 is 4.74 Å². The molecular weight excluding hydrogens is 224 g/mol. The zero-order chi connectivity index (χ0) is 10.7. The molecule has 1 aliphatic carbocycles. The van der Waals surface area contributed by atoms with Gasteiger partial charge in [-0.2, -0.15) is 12.6 Å². The van der Waals surface area contributed by atoms with Gasteiger partial charge in [0.1, 0.15) is 5.75 Å². The fourth-order valence-corrected chi connectivity index (χ4v) is 3.27. The zero-order valence-corrected chi connectivity index (χ0v) is 10.6. The maximum atomic E-state index is 5.20. The highest BCUT2D eigenvalue weighted by atomic mass is 32.2. The van der Waals surface area contributed by atoms with Crippen LogP contribution < -0.4 is 4.74 Å². The van der Waals surface area contributed by atoms with Gasteiger partial charge in [0.05, 0.1) is 7.11 Å². The second kappa shape index (κ2) is 4.71. The minimum Gasteiger partial charge on any atom is -0.497 e. The van der Waals surface area contributed by atoms with Gasteiger partial charge in [0, 0.05) is 10.6 Å². The summed E-state index contributed by atoms with van der Waals surface area (Å²) in [5.41, 5.74) is 0.525. The largest absolute Gasteiger partial charge is 0.497 e. The average Bonchev–Trinajstić information content (AvgIpc) is 3.07. The molecule has 82 valence electrons. The van der Waals surface area contributed by atoms with Crippen molar-refractivity contribution in [3.05, 3.63) is 24.3 Å². The third kappa shape index (κ3) is 2.85. The lowest BCUT2D eigenvalue weighted by Crippen LogP contribution is -2.05. The van der Waals surface area contributed by atoms with Gasteiger partial charge in [0.2, 0.25) is 0 Å². The Hall–Kier alpha value is -0.280. The molecule has 1 aliphatic rings. The third-order valence-electron chi connectivity index (χ3n) is 2.88.